The molecule has 1 aromatic carbocycles. The average molecular weight is 405 g/mol. The minimum absolute atomic E-state index is 0.0211. The molecule has 0 spiro atoms. The lowest BCUT2D eigenvalue weighted by Crippen LogP contribution is -2.37. The van der Waals surface area contributed by atoms with Gasteiger partial charge in [0.15, 0.2) is 11.6 Å². The monoisotopic (exact) mass is 404 g/mol. The van der Waals surface area contributed by atoms with E-state index in [0.717, 1.165) is 27.7 Å². The Hall–Kier alpha value is -1.72. The Morgan fingerprint density at radius 1 is 1.20 bits per heavy atom. The Kier molecular flexibility index (Phi) is 6.36. The number of rotatable bonds is 7. The quantitative estimate of drug-likeness (QED) is 0.644. The number of hydrogen-bond donors (Lipinski definition) is 2. The van der Waals surface area contributed by atoms with Crippen molar-refractivity contribution in [2.24, 2.45) is 0 Å². The van der Waals surface area contributed by atoms with Gasteiger partial charge in [-0.05, 0) is 57.4 Å². The fraction of sp³-hybridized carbons (Fsp3) is 0.400. The highest BCUT2D eigenvalue weighted by atomic mass is 79.9. The predicted octanol–water partition coefficient (Wildman–Crippen LogP) is 4.91. The second-order valence-electron chi connectivity index (χ2n) is 6.45. The van der Waals surface area contributed by atoms with Crippen LogP contribution in [0.3, 0.4) is 0 Å². The SMILES string of the molecule is CC[C@H](N[C@H](C)C(=O)c1[nH]c(C)c(C(C)=O)c1C)c1ccc(Br)cc1. The molecule has 2 N–H and O–H groups in total. The van der Waals surface area contributed by atoms with Crippen LogP contribution in [0.25, 0.3) is 0 Å². The van der Waals surface area contributed by atoms with Gasteiger partial charge in [0.2, 0.25) is 0 Å². The number of benzene rings is 1. The van der Waals surface area contributed by atoms with E-state index in [1.165, 1.54) is 6.92 Å². The summed E-state index contributed by atoms with van der Waals surface area (Å²) in [5, 5.41) is 3.42. The van der Waals surface area contributed by atoms with Crippen molar-refractivity contribution >= 4 is 27.5 Å². The molecule has 5 heteroatoms. The van der Waals surface area contributed by atoms with Crippen LogP contribution in [0.5, 0.6) is 0 Å². The number of carbonyl (C=O) groups is 2. The van der Waals surface area contributed by atoms with E-state index in [1.807, 2.05) is 32.9 Å². The van der Waals surface area contributed by atoms with E-state index >= 15 is 0 Å². The average Bonchev–Trinajstić information content (AvgIpc) is 2.87. The maximum Gasteiger partial charge on any atom is 0.195 e. The standard InChI is InChI=1S/C20H25BrN2O2/c1-6-17(15-7-9-16(21)10-8-15)22-13(4)20(25)19-11(2)18(14(5)24)12(3)23-19/h7-10,13,17,22-23H,6H2,1-5H3/t13-,17+/m1/s1. The molecule has 4 nitrogen and oxygen atoms in total. The van der Waals surface area contributed by atoms with Gasteiger partial charge in [-0.3, -0.25) is 9.59 Å². The number of aromatic nitrogens is 1. The summed E-state index contributed by atoms with van der Waals surface area (Å²) in [5.41, 5.74) is 3.78. The molecule has 0 saturated carbocycles. The number of H-pyrrole nitrogens is 1. The molecule has 0 aliphatic rings. The van der Waals surface area contributed by atoms with Crippen molar-refractivity contribution < 1.29 is 9.59 Å². The Labute approximate surface area is 157 Å². The Bertz CT molecular complexity index is 778. The van der Waals surface area contributed by atoms with Gasteiger partial charge in [0.05, 0.1) is 11.7 Å². The van der Waals surface area contributed by atoms with E-state index in [0.29, 0.717) is 11.3 Å². The van der Waals surface area contributed by atoms with Gasteiger partial charge in [-0.1, -0.05) is 35.0 Å². The first-order valence-electron chi connectivity index (χ1n) is 8.52. The van der Waals surface area contributed by atoms with Gasteiger partial charge in [0.1, 0.15) is 0 Å². The maximum atomic E-state index is 12.9. The van der Waals surface area contributed by atoms with Crippen molar-refractivity contribution in [3.63, 3.8) is 0 Å². The number of ketones is 2. The molecule has 0 fully saturated rings. The first-order valence-corrected chi connectivity index (χ1v) is 9.31. The Morgan fingerprint density at radius 3 is 2.28 bits per heavy atom. The summed E-state index contributed by atoms with van der Waals surface area (Å²) in [7, 11) is 0. The molecular weight excluding hydrogens is 380 g/mol. The van der Waals surface area contributed by atoms with Gasteiger partial charge >= 0.3 is 0 Å². The molecule has 25 heavy (non-hydrogen) atoms. The minimum atomic E-state index is -0.356. The van der Waals surface area contributed by atoms with E-state index < -0.39 is 0 Å². The number of halogens is 1. The number of carbonyl (C=O) groups excluding carboxylic acids is 2. The van der Waals surface area contributed by atoms with E-state index in [4.69, 9.17) is 0 Å². The molecule has 1 heterocycles. The largest absolute Gasteiger partial charge is 0.355 e. The zero-order valence-corrected chi connectivity index (χ0v) is 17.0. The number of hydrogen-bond acceptors (Lipinski definition) is 3. The minimum Gasteiger partial charge on any atom is -0.355 e. The fourth-order valence-corrected chi connectivity index (χ4v) is 3.53. The van der Waals surface area contributed by atoms with Crippen molar-refractivity contribution in [1.29, 1.82) is 0 Å². The highest BCUT2D eigenvalue weighted by Gasteiger charge is 2.25. The lowest BCUT2D eigenvalue weighted by molar-refractivity contribution is 0.0938. The summed E-state index contributed by atoms with van der Waals surface area (Å²) < 4.78 is 1.03. The molecule has 0 unspecified atom stereocenters. The van der Waals surface area contributed by atoms with Gasteiger partial charge in [0.25, 0.3) is 0 Å². The van der Waals surface area contributed by atoms with Crippen molar-refractivity contribution in [1.82, 2.24) is 10.3 Å². The molecule has 2 atom stereocenters. The van der Waals surface area contributed by atoms with Gasteiger partial charge in [-0.15, -0.1) is 0 Å². The molecule has 2 aromatic rings. The van der Waals surface area contributed by atoms with Gasteiger partial charge in [-0.25, -0.2) is 0 Å². The van der Waals surface area contributed by atoms with Crippen LogP contribution in [-0.4, -0.2) is 22.6 Å². The number of aryl methyl sites for hydroxylation is 1. The second-order valence-corrected chi connectivity index (χ2v) is 7.36. The summed E-state index contributed by atoms with van der Waals surface area (Å²) in [6, 6.07) is 7.86. The maximum absolute atomic E-state index is 12.9. The van der Waals surface area contributed by atoms with Crippen LogP contribution >= 0.6 is 15.9 Å². The van der Waals surface area contributed by atoms with Crippen LogP contribution < -0.4 is 5.32 Å². The molecule has 1 aromatic heterocycles. The smallest absolute Gasteiger partial charge is 0.195 e. The molecule has 134 valence electrons. The first-order chi connectivity index (χ1) is 11.8. The molecule has 0 bridgehead atoms. The highest BCUT2D eigenvalue weighted by molar-refractivity contribution is 9.10. The second kappa shape index (κ2) is 8.11. The van der Waals surface area contributed by atoms with Crippen LogP contribution in [-0.2, 0) is 0 Å². The van der Waals surface area contributed by atoms with Crippen LogP contribution in [0, 0.1) is 13.8 Å². The topological polar surface area (TPSA) is 62.0 Å². The van der Waals surface area contributed by atoms with Crippen molar-refractivity contribution in [2.45, 2.75) is 53.1 Å². The van der Waals surface area contributed by atoms with E-state index in [9.17, 15) is 9.59 Å². The fourth-order valence-electron chi connectivity index (χ4n) is 3.26. The molecule has 0 aliphatic heterocycles. The molecule has 0 aliphatic carbocycles. The third kappa shape index (κ3) is 4.28. The van der Waals surface area contributed by atoms with E-state index in [-0.39, 0.29) is 23.7 Å². The third-order valence-electron chi connectivity index (χ3n) is 4.56. The summed E-state index contributed by atoms with van der Waals surface area (Å²) >= 11 is 3.44. The Morgan fingerprint density at radius 2 is 1.80 bits per heavy atom. The molecule has 0 saturated heterocycles. The number of Topliss-reactive ketones (excluding diaryl/α,β-unsaturated/α-hetero) is 2. The summed E-state index contributed by atoms with van der Waals surface area (Å²) in [6.07, 6.45) is 0.876. The van der Waals surface area contributed by atoms with Crippen LogP contribution in [0.1, 0.15) is 70.9 Å². The summed E-state index contributed by atoms with van der Waals surface area (Å²) in [4.78, 5) is 27.8. The van der Waals surface area contributed by atoms with Crippen molar-refractivity contribution in [2.75, 3.05) is 0 Å². The molecule has 2 rings (SSSR count). The van der Waals surface area contributed by atoms with Gasteiger partial charge < -0.3 is 10.3 Å². The summed E-state index contributed by atoms with van der Waals surface area (Å²) in [5.74, 6) is -0.0455. The van der Waals surface area contributed by atoms with Crippen molar-refractivity contribution in [3.05, 3.63) is 56.8 Å². The lowest BCUT2D eigenvalue weighted by Gasteiger charge is -2.22. The summed E-state index contributed by atoms with van der Waals surface area (Å²) in [6.45, 7) is 9.14. The third-order valence-corrected chi connectivity index (χ3v) is 5.09. The lowest BCUT2D eigenvalue weighted by atomic mass is 10.00. The normalized spacial score (nSPS) is 13.5. The van der Waals surface area contributed by atoms with E-state index in [2.05, 4.69) is 45.3 Å². The van der Waals surface area contributed by atoms with Crippen LogP contribution in [0.15, 0.2) is 28.7 Å². The van der Waals surface area contributed by atoms with Crippen LogP contribution in [0.4, 0.5) is 0 Å². The highest BCUT2D eigenvalue weighted by Crippen LogP contribution is 2.23. The number of nitrogens with one attached hydrogen (secondary N) is 2. The van der Waals surface area contributed by atoms with Crippen molar-refractivity contribution in [3.8, 4) is 0 Å². The number of aromatic amines is 1. The molecule has 0 radical (unpaired) electrons. The van der Waals surface area contributed by atoms with Gasteiger partial charge in [0, 0.05) is 21.8 Å². The van der Waals surface area contributed by atoms with Crippen LogP contribution in [0.2, 0.25) is 0 Å². The Balaban J connectivity index is 2.21. The molecule has 0 amide bonds. The zero-order chi connectivity index (χ0) is 18.7. The zero-order valence-electron chi connectivity index (χ0n) is 15.4. The van der Waals surface area contributed by atoms with Gasteiger partial charge in [-0.2, -0.15) is 0 Å². The van der Waals surface area contributed by atoms with E-state index in [1.54, 1.807) is 0 Å². The molecular formula is C20H25BrN2O2. The first kappa shape index (κ1) is 19.6. The predicted molar refractivity (Wildman–Crippen MR) is 104 cm³/mol.